The largest absolute Gasteiger partial charge is 0.323 e. The second kappa shape index (κ2) is 5.42. The third-order valence-corrected chi connectivity index (χ3v) is 5.97. The van der Waals surface area contributed by atoms with Crippen molar-refractivity contribution >= 4 is 33.8 Å². The number of fused-ring (bicyclic) bond motifs is 3. The van der Waals surface area contributed by atoms with E-state index in [9.17, 15) is 4.79 Å². The van der Waals surface area contributed by atoms with E-state index in [0.717, 1.165) is 46.3 Å². The zero-order chi connectivity index (χ0) is 16.1. The number of nitrogens with one attached hydrogen (secondary N) is 1. The van der Waals surface area contributed by atoms with Crippen molar-refractivity contribution in [2.45, 2.75) is 39.5 Å². The molecule has 118 valence electrons. The van der Waals surface area contributed by atoms with Crippen LogP contribution in [0.25, 0.3) is 15.9 Å². The van der Waals surface area contributed by atoms with E-state index in [0.29, 0.717) is 4.77 Å². The Bertz CT molecular complexity index is 1020. The Morgan fingerprint density at radius 2 is 1.83 bits per heavy atom. The molecule has 0 aliphatic heterocycles. The summed E-state index contributed by atoms with van der Waals surface area (Å²) in [5, 5.41) is 0.845. The smallest absolute Gasteiger partial charge is 0.267 e. The molecule has 0 saturated carbocycles. The standard InChI is InChI=1S/C18H18N2OS2/c1-10-7-11(2)9-12(8-10)20-17(21)15-13-5-3-4-6-14(13)23-16(15)19-18(20)22/h7-9H,3-6H2,1-2H3,(H,19,22). The summed E-state index contributed by atoms with van der Waals surface area (Å²) in [6, 6.07) is 6.14. The maximum absolute atomic E-state index is 13.2. The maximum Gasteiger partial charge on any atom is 0.267 e. The van der Waals surface area contributed by atoms with Gasteiger partial charge in [0, 0.05) is 4.88 Å². The van der Waals surface area contributed by atoms with Crippen LogP contribution in [0.5, 0.6) is 0 Å². The van der Waals surface area contributed by atoms with Gasteiger partial charge < -0.3 is 4.98 Å². The van der Waals surface area contributed by atoms with E-state index in [1.807, 2.05) is 26.0 Å². The number of thiophene rings is 1. The van der Waals surface area contributed by atoms with Crippen molar-refractivity contribution in [2.75, 3.05) is 0 Å². The number of H-pyrrole nitrogens is 1. The molecule has 0 radical (unpaired) electrons. The number of hydrogen-bond donors (Lipinski definition) is 1. The minimum atomic E-state index is 0.0214. The van der Waals surface area contributed by atoms with Gasteiger partial charge in [-0.05, 0) is 80.6 Å². The Kier molecular flexibility index (Phi) is 3.50. The molecule has 0 amide bonds. The lowest BCUT2D eigenvalue weighted by atomic mass is 9.97. The molecular formula is C18H18N2OS2. The summed E-state index contributed by atoms with van der Waals surface area (Å²) >= 11 is 7.19. The number of benzene rings is 1. The molecule has 0 saturated heterocycles. The lowest BCUT2D eigenvalue weighted by Gasteiger charge is -2.11. The Labute approximate surface area is 143 Å². The zero-order valence-corrected chi connectivity index (χ0v) is 14.9. The van der Waals surface area contributed by atoms with Gasteiger partial charge in [0.15, 0.2) is 4.77 Å². The van der Waals surface area contributed by atoms with Gasteiger partial charge in [0.25, 0.3) is 5.56 Å². The molecule has 1 aromatic carbocycles. The summed E-state index contributed by atoms with van der Waals surface area (Å²) in [6.45, 7) is 4.08. The SMILES string of the molecule is Cc1cc(C)cc(-n2c(=S)[nH]c3sc4c(c3c2=O)CCCC4)c1. The molecule has 3 aromatic rings. The van der Waals surface area contributed by atoms with Crippen molar-refractivity contribution in [3.63, 3.8) is 0 Å². The first kappa shape index (κ1) is 14.8. The van der Waals surface area contributed by atoms with Crippen LogP contribution in [-0.4, -0.2) is 9.55 Å². The zero-order valence-electron chi connectivity index (χ0n) is 13.2. The normalized spacial score (nSPS) is 14.2. The third kappa shape index (κ3) is 2.39. The maximum atomic E-state index is 13.2. The Morgan fingerprint density at radius 3 is 2.57 bits per heavy atom. The molecule has 5 heteroatoms. The van der Waals surface area contributed by atoms with Crippen molar-refractivity contribution in [3.8, 4) is 5.69 Å². The summed E-state index contributed by atoms with van der Waals surface area (Å²) in [5.74, 6) is 0. The minimum absolute atomic E-state index is 0.0214. The minimum Gasteiger partial charge on any atom is -0.323 e. The average molecular weight is 342 g/mol. The van der Waals surface area contributed by atoms with Gasteiger partial charge >= 0.3 is 0 Å². The van der Waals surface area contributed by atoms with Crippen molar-refractivity contribution in [1.82, 2.24) is 9.55 Å². The van der Waals surface area contributed by atoms with Gasteiger partial charge in [-0.2, -0.15) is 0 Å². The van der Waals surface area contributed by atoms with Crippen LogP contribution in [0.1, 0.15) is 34.4 Å². The molecule has 0 fully saturated rings. The molecule has 0 spiro atoms. The molecule has 2 heterocycles. The van der Waals surface area contributed by atoms with Crippen LogP contribution in [-0.2, 0) is 12.8 Å². The molecule has 23 heavy (non-hydrogen) atoms. The Hall–Kier alpha value is -1.72. The average Bonchev–Trinajstić information content (AvgIpc) is 2.84. The monoisotopic (exact) mass is 342 g/mol. The van der Waals surface area contributed by atoms with Crippen molar-refractivity contribution in [2.24, 2.45) is 0 Å². The molecule has 0 atom stereocenters. The van der Waals surface area contributed by atoms with Crippen LogP contribution in [0.2, 0.25) is 0 Å². The highest BCUT2D eigenvalue weighted by molar-refractivity contribution is 7.71. The lowest BCUT2D eigenvalue weighted by Crippen LogP contribution is -2.21. The quantitative estimate of drug-likeness (QED) is 0.656. The number of aryl methyl sites for hydroxylation is 4. The van der Waals surface area contributed by atoms with Crippen LogP contribution in [0.15, 0.2) is 23.0 Å². The van der Waals surface area contributed by atoms with E-state index in [1.54, 1.807) is 15.9 Å². The first-order chi connectivity index (χ1) is 11.0. The highest BCUT2D eigenvalue weighted by Gasteiger charge is 2.20. The molecule has 4 rings (SSSR count). The molecule has 2 aromatic heterocycles. The molecule has 1 aliphatic carbocycles. The first-order valence-corrected chi connectivity index (χ1v) is 9.15. The van der Waals surface area contributed by atoms with Gasteiger partial charge in [0.1, 0.15) is 4.83 Å². The summed E-state index contributed by atoms with van der Waals surface area (Å²) in [6.07, 6.45) is 4.46. The number of hydrogen-bond acceptors (Lipinski definition) is 3. The van der Waals surface area contributed by atoms with Gasteiger partial charge in [0.2, 0.25) is 0 Å². The first-order valence-electron chi connectivity index (χ1n) is 7.93. The second-order valence-corrected chi connectivity index (χ2v) is 7.82. The topological polar surface area (TPSA) is 37.8 Å². The van der Waals surface area contributed by atoms with Gasteiger partial charge in [-0.15, -0.1) is 11.3 Å². The fourth-order valence-electron chi connectivity index (χ4n) is 3.55. The fraction of sp³-hybridized carbons (Fsp3) is 0.333. The molecule has 3 nitrogen and oxygen atoms in total. The summed E-state index contributed by atoms with van der Waals surface area (Å²) in [7, 11) is 0. The summed E-state index contributed by atoms with van der Waals surface area (Å²) in [5.41, 5.74) is 4.38. The fourth-order valence-corrected chi connectivity index (χ4v) is 5.19. The molecule has 1 aliphatic rings. The highest BCUT2D eigenvalue weighted by atomic mass is 32.1. The van der Waals surface area contributed by atoms with Gasteiger partial charge in [0.05, 0.1) is 11.1 Å². The number of aromatic amines is 1. The van der Waals surface area contributed by atoms with Crippen LogP contribution < -0.4 is 5.56 Å². The van der Waals surface area contributed by atoms with Crippen molar-refractivity contribution in [3.05, 3.63) is 54.9 Å². The Balaban J connectivity index is 2.08. The van der Waals surface area contributed by atoms with Crippen molar-refractivity contribution in [1.29, 1.82) is 0 Å². The van der Waals surface area contributed by atoms with Crippen LogP contribution in [0.4, 0.5) is 0 Å². The van der Waals surface area contributed by atoms with Crippen LogP contribution in [0, 0.1) is 18.6 Å². The number of nitrogens with zero attached hydrogens (tertiary/aromatic N) is 1. The number of aromatic nitrogens is 2. The van der Waals surface area contributed by atoms with E-state index >= 15 is 0 Å². The lowest BCUT2D eigenvalue weighted by molar-refractivity contribution is 0.699. The van der Waals surface area contributed by atoms with Crippen LogP contribution >= 0.6 is 23.6 Å². The van der Waals surface area contributed by atoms with Gasteiger partial charge in [-0.1, -0.05) is 6.07 Å². The van der Waals surface area contributed by atoms with Gasteiger partial charge in [-0.3, -0.25) is 9.36 Å². The molecule has 0 unspecified atom stereocenters. The highest BCUT2D eigenvalue weighted by Crippen LogP contribution is 2.33. The van der Waals surface area contributed by atoms with E-state index in [1.165, 1.54) is 16.9 Å². The summed E-state index contributed by atoms with van der Waals surface area (Å²) in [4.78, 5) is 18.8. The predicted octanol–water partition coefficient (Wildman–Crippen LogP) is 4.61. The van der Waals surface area contributed by atoms with Crippen LogP contribution in [0.3, 0.4) is 0 Å². The second-order valence-electron chi connectivity index (χ2n) is 6.33. The van der Waals surface area contributed by atoms with Gasteiger partial charge in [-0.25, -0.2) is 0 Å². The molecule has 0 bridgehead atoms. The third-order valence-electron chi connectivity index (χ3n) is 4.48. The molecular weight excluding hydrogens is 324 g/mol. The summed E-state index contributed by atoms with van der Waals surface area (Å²) < 4.78 is 2.13. The number of rotatable bonds is 1. The van der Waals surface area contributed by atoms with E-state index < -0.39 is 0 Å². The molecule has 1 N–H and O–H groups in total. The van der Waals surface area contributed by atoms with E-state index in [-0.39, 0.29) is 5.56 Å². The Morgan fingerprint density at radius 1 is 1.13 bits per heavy atom. The predicted molar refractivity (Wildman–Crippen MR) is 98.7 cm³/mol. The van der Waals surface area contributed by atoms with E-state index in [2.05, 4.69) is 11.1 Å². The van der Waals surface area contributed by atoms with Crippen molar-refractivity contribution < 1.29 is 0 Å². The van der Waals surface area contributed by atoms with E-state index in [4.69, 9.17) is 12.2 Å².